The molecule has 0 aliphatic rings. The van der Waals surface area contributed by atoms with Gasteiger partial charge in [0.1, 0.15) is 0 Å². The summed E-state index contributed by atoms with van der Waals surface area (Å²) in [5, 5.41) is 13.5. The largest absolute Gasteiger partial charge is 0.396 e. The molecule has 0 aromatic heterocycles. The van der Waals surface area contributed by atoms with Gasteiger partial charge in [0.25, 0.3) is 0 Å². The third-order valence-electron chi connectivity index (χ3n) is 3.34. The second-order valence-electron chi connectivity index (χ2n) is 5.04. The highest BCUT2D eigenvalue weighted by Crippen LogP contribution is 2.21. The standard InChI is InChI=1S/C15H24ClNO/c1-4-14(12-5-7-13(16)8-6-12)17-15(9-10-18)11(2)3/h5-8,11,14-15,17-18H,4,9-10H2,1-3H3. The summed E-state index contributed by atoms with van der Waals surface area (Å²) in [6, 6.07) is 8.66. The van der Waals surface area contributed by atoms with Gasteiger partial charge in [-0.1, -0.05) is 44.5 Å². The first-order valence-electron chi connectivity index (χ1n) is 6.70. The van der Waals surface area contributed by atoms with Crippen molar-refractivity contribution in [2.45, 2.75) is 45.7 Å². The minimum Gasteiger partial charge on any atom is -0.396 e. The zero-order valence-corrected chi connectivity index (χ0v) is 12.2. The van der Waals surface area contributed by atoms with Gasteiger partial charge in [-0.15, -0.1) is 0 Å². The van der Waals surface area contributed by atoms with Crippen molar-refractivity contribution >= 4 is 11.6 Å². The van der Waals surface area contributed by atoms with Crippen LogP contribution in [0.15, 0.2) is 24.3 Å². The second-order valence-corrected chi connectivity index (χ2v) is 5.48. The molecule has 1 rings (SSSR count). The molecule has 0 saturated heterocycles. The Morgan fingerprint density at radius 1 is 1.22 bits per heavy atom. The number of hydrogen-bond donors (Lipinski definition) is 2. The smallest absolute Gasteiger partial charge is 0.0445 e. The Bertz CT molecular complexity index is 337. The Morgan fingerprint density at radius 3 is 2.28 bits per heavy atom. The van der Waals surface area contributed by atoms with E-state index in [1.54, 1.807) is 0 Å². The van der Waals surface area contributed by atoms with E-state index in [9.17, 15) is 0 Å². The molecule has 0 amide bonds. The summed E-state index contributed by atoms with van der Waals surface area (Å²) in [5.74, 6) is 0.513. The highest BCUT2D eigenvalue weighted by atomic mass is 35.5. The zero-order valence-electron chi connectivity index (χ0n) is 11.5. The summed E-state index contributed by atoms with van der Waals surface area (Å²) in [6.45, 7) is 6.76. The van der Waals surface area contributed by atoms with Crippen LogP contribution in [0.25, 0.3) is 0 Å². The normalized spacial score (nSPS) is 14.8. The molecule has 3 heteroatoms. The molecule has 1 aromatic carbocycles. The summed E-state index contributed by atoms with van der Waals surface area (Å²) < 4.78 is 0. The van der Waals surface area contributed by atoms with Gasteiger partial charge in [0, 0.05) is 23.7 Å². The van der Waals surface area contributed by atoms with Crippen LogP contribution in [0.4, 0.5) is 0 Å². The summed E-state index contributed by atoms with van der Waals surface area (Å²) in [4.78, 5) is 0. The van der Waals surface area contributed by atoms with E-state index in [-0.39, 0.29) is 6.61 Å². The molecule has 1 aromatic rings. The molecule has 0 heterocycles. The molecule has 0 spiro atoms. The predicted molar refractivity (Wildman–Crippen MR) is 77.9 cm³/mol. The summed E-state index contributed by atoms with van der Waals surface area (Å²) >= 11 is 5.91. The number of halogens is 1. The minimum atomic E-state index is 0.229. The van der Waals surface area contributed by atoms with Crippen molar-refractivity contribution in [1.82, 2.24) is 5.32 Å². The fourth-order valence-electron chi connectivity index (χ4n) is 2.15. The van der Waals surface area contributed by atoms with Crippen LogP contribution in [-0.4, -0.2) is 17.8 Å². The van der Waals surface area contributed by atoms with Crippen molar-refractivity contribution in [3.05, 3.63) is 34.9 Å². The zero-order chi connectivity index (χ0) is 13.5. The maximum atomic E-state index is 9.12. The Morgan fingerprint density at radius 2 is 1.83 bits per heavy atom. The van der Waals surface area contributed by atoms with E-state index in [0.717, 1.165) is 17.9 Å². The van der Waals surface area contributed by atoms with Crippen LogP contribution in [0.2, 0.25) is 5.02 Å². The fourth-order valence-corrected chi connectivity index (χ4v) is 2.28. The molecule has 0 saturated carbocycles. The lowest BCUT2D eigenvalue weighted by atomic mass is 9.97. The van der Waals surface area contributed by atoms with Gasteiger partial charge in [0.2, 0.25) is 0 Å². The van der Waals surface area contributed by atoms with Gasteiger partial charge in [-0.25, -0.2) is 0 Å². The van der Waals surface area contributed by atoms with Gasteiger partial charge in [-0.2, -0.15) is 0 Å². The van der Waals surface area contributed by atoms with Crippen LogP contribution in [0.1, 0.15) is 45.2 Å². The molecule has 0 bridgehead atoms. The van der Waals surface area contributed by atoms with Crippen LogP contribution < -0.4 is 5.32 Å². The highest BCUT2D eigenvalue weighted by Gasteiger charge is 2.17. The molecule has 18 heavy (non-hydrogen) atoms. The molecule has 2 atom stereocenters. The van der Waals surface area contributed by atoms with Gasteiger partial charge in [-0.05, 0) is 36.5 Å². The Balaban J connectivity index is 2.73. The van der Waals surface area contributed by atoms with Gasteiger partial charge in [-0.3, -0.25) is 0 Å². The van der Waals surface area contributed by atoms with E-state index >= 15 is 0 Å². The predicted octanol–water partition coefficient (Wildman–Crippen LogP) is 3.79. The number of benzene rings is 1. The average molecular weight is 270 g/mol. The second kappa shape index (κ2) is 7.78. The molecule has 0 aliphatic carbocycles. The van der Waals surface area contributed by atoms with E-state index < -0.39 is 0 Å². The van der Waals surface area contributed by atoms with Crippen molar-refractivity contribution in [1.29, 1.82) is 0 Å². The summed E-state index contributed by atoms with van der Waals surface area (Å²) in [6.07, 6.45) is 1.82. The lowest BCUT2D eigenvalue weighted by Crippen LogP contribution is -2.37. The van der Waals surface area contributed by atoms with Crippen LogP contribution in [0.3, 0.4) is 0 Å². The van der Waals surface area contributed by atoms with Gasteiger partial charge >= 0.3 is 0 Å². The maximum absolute atomic E-state index is 9.12. The van der Waals surface area contributed by atoms with Crippen molar-refractivity contribution in [2.24, 2.45) is 5.92 Å². The van der Waals surface area contributed by atoms with Crippen molar-refractivity contribution in [2.75, 3.05) is 6.61 Å². The Hall–Kier alpha value is -0.570. The molecule has 0 fully saturated rings. The van der Waals surface area contributed by atoms with Crippen molar-refractivity contribution in [3.63, 3.8) is 0 Å². The number of nitrogens with one attached hydrogen (secondary N) is 1. The summed E-state index contributed by atoms with van der Waals surface area (Å²) in [7, 11) is 0. The Labute approximate surface area is 115 Å². The molecule has 2 N–H and O–H groups in total. The lowest BCUT2D eigenvalue weighted by Gasteiger charge is -2.28. The monoisotopic (exact) mass is 269 g/mol. The summed E-state index contributed by atoms with van der Waals surface area (Å²) in [5.41, 5.74) is 1.26. The van der Waals surface area contributed by atoms with E-state index in [0.29, 0.717) is 18.0 Å². The van der Waals surface area contributed by atoms with Crippen molar-refractivity contribution in [3.8, 4) is 0 Å². The first kappa shape index (κ1) is 15.5. The SMILES string of the molecule is CCC(NC(CCO)C(C)C)c1ccc(Cl)cc1. The Kier molecular flexibility index (Phi) is 6.69. The molecular weight excluding hydrogens is 246 g/mol. The molecular formula is C15H24ClNO. The number of hydrogen-bond acceptors (Lipinski definition) is 2. The van der Waals surface area contributed by atoms with E-state index in [2.05, 4.69) is 38.2 Å². The number of aliphatic hydroxyl groups is 1. The van der Waals surface area contributed by atoms with Gasteiger partial charge in [0.05, 0.1) is 0 Å². The topological polar surface area (TPSA) is 32.3 Å². The number of aliphatic hydroxyl groups excluding tert-OH is 1. The number of rotatable bonds is 7. The fraction of sp³-hybridized carbons (Fsp3) is 0.600. The van der Waals surface area contributed by atoms with Crippen LogP contribution in [0.5, 0.6) is 0 Å². The van der Waals surface area contributed by atoms with Crippen LogP contribution in [0, 0.1) is 5.92 Å². The molecule has 2 nitrogen and oxygen atoms in total. The van der Waals surface area contributed by atoms with E-state index in [1.807, 2.05) is 12.1 Å². The van der Waals surface area contributed by atoms with Crippen LogP contribution >= 0.6 is 11.6 Å². The first-order chi connectivity index (χ1) is 8.58. The third-order valence-corrected chi connectivity index (χ3v) is 3.59. The third kappa shape index (κ3) is 4.60. The maximum Gasteiger partial charge on any atom is 0.0445 e. The lowest BCUT2D eigenvalue weighted by molar-refractivity contribution is 0.233. The molecule has 0 aliphatic heterocycles. The highest BCUT2D eigenvalue weighted by molar-refractivity contribution is 6.30. The van der Waals surface area contributed by atoms with Crippen LogP contribution in [-0.2, 0) is 0 Å². The molecule has 2 unspecified atom stereocenters. The molecule has 0 radical (unpaired) electrons. The van der Waals surface area contributed by atoms with E-state index in [4.69, 9.17) is 16.7 Å². The van der Waals surface area contributed by atoms with Crippen molar-refractivity contribution < 1.29 is 5.11 Å². The minimum absolute atomic E-state index is 0.229. The van der Waals surface area contributed by atoms with Gasteiger partial charge in [0.15, 0.2) is 0 Å². The molecule has 102 valence electrons. The quantitative estimate of drug-likeness (QED) is 0.789. The average Bonchev–Trinajstić information content (AvgIpc) is 2.35. The first-order valence-corrected chi connectivity index (χ1v) is 7.08. The van der Waals surface area contributed by atoms with E-state index in [1.165, 1.54) is 5.56 Å². The van der Waals surface area contributed by atoms with Gasteiger partial charge < -0.3 is 10.4 Å².